The molecule has 1 aromatic heterocycles. The van der Waals surface area contributed by atoms with Gasteiger partial charge in [0, 0.05) is 7.05 Å². The van der Waals surface area contributed by atoms with Crippen LogP contribution in [0.4, 0.5) is 5.69 Å². The lowest BCUT2D eigenvalue weighted by Gasteiger charge is -2.36. The van der Waals surface area contributed by atoms with Gasteiger partial charge in [0.25, 0.3) is 0 Å². The van der Waals surface area contributed by atoms with Crippen LogP contribution in [0.3, 0.4) is 0 Å². The van der Waals surface area contributed by atoms with Gasteiger partial charge in [-0.2, -0.15) is 5.10 Å². The highest BCUT2D eigenvalue weighted by molar-refractivity contribution is 5.99. The van der Waals surface area contributed by atoms with E-state index in [-0.39, 0.29) is 5.91 Å². The van der Waals surface area contributed by atoms with Crippen molar-refractivity contribution in [3.63, 3.8) is 0 Å². The minimum Gasteiger partial charge on any atom is -0.321 e. The van der Waals surface area contributed by atoms with Gasteiger partial charge in [-0.15, -0.1) is 0 Å². The van der Waals surface area contributed by atoms with Gasteiger partial charge < -0.3 is 11.1 Å². The summed E-state index contributed by atoms with van der Waals surface area (Å²) < 4.78 is 1.76. The highest BCUT2D eigenvalue weighted by atomic mass is 16.2. The predicted molar refractivity (Wildman–Crippen MR) is 62.1 cm³/mol. The molecule has 1 heterocycles. The van der Waals surface area contributed by atoms with Crippen molar-refractivity contribution in [2.45, 2.75) is 38.6 Å². The third kappa shape index (κ3) is 1.61. The zero-order chi connectivity index (χ0) is 11.9. The maximum atomic E-state index is 12.0. The van der Waals surface area contributed by atoms with Crippen LogP contribution >= 0.6 is 0 Å². The Labute approximate surface area is 95.0 Å². The Kier molecular flexibility index (Phi) is 2.50. The first-order valence-electron chi connectivity index (χ1n) is 5.54. The molecule has 1 amide bonds. The maximum Gasteiger partial charge on any atom is 0.244 e. The molecule has 0 spiro atoms. The molecule has 2 rings (SSSR count). The van der Waals surface area contributed by atoms with Gasteiger partial charge in [-0.25, -0.2) is 0 Å². The van der Waals surface area contributed by atoms with E-state index in [4.69, 9.17) is 5.73 Å². The van der Waals surface area contributed by atoms with Gasteiger partial charge in [0.15, 0.2) is 0 Å². The number of amides is 1. The maximum absolute atomic E-state index is 12.0. The van der Waals surface area contributed by atoms with Crippen LogP contribution in [0.1, 0.15) is 30.7 Å². The molecule has 1 aliphatic rings. The number of carbonyl (C=O) groups is 1. The van der Waals surface area contributed by atoms with Crippen LogP contribution in [0.15, 0.2) is 0 Å². The normalized spacial score (nSPS) is 18.0. The summed E-state index contributed by atoms with van der Waals surface area (Å²) in [5.41, 5.74) is 7.88. The van der Waals surface area contributed by atoms with Crippen molar-refractivity contribution in [2.75, 3.05) is 5.32 Å². The second-order valence-corrected chi connectivity index (χ2v) is 4.63. The Morgan fingerprint density at radius 3 is 2.50 bits per heavy atom. The van der Waals surface area contributed by atoms with E-state index < -0.39 is 5.54 Å². The Hall–Kier alpha value is -1.36. The first-order valence-corrected chi connectivity index (χ1v) is 5.54. The molecule has 5 heteroatoms. The number of aryl methyl sites for hydroxylation is 2. The van der Waals surface area contributed by atoms with Gasteiger partial charge in [-0.3, -0.25) is 9.48 Å². The Morgan fingerprint density at radius 2 is 2.12 bits per heavy atom. The van der Waals surface area contributed by atoms with Crippen molar-refractivity contribution < 1.29 is 4.79 Å². The minimum absolute atomic E-state index is 0.0852. The van der Waals surface area contributed by atoms with E-state index in [0.29, 0.717) is 0 Å². The van der Waals surface area contributed by atoms with Gasteiger partial charge in [-0.1, -0.05) is 0 Å². The number of nitrogens with two attached hydrogens (primary N) is 1. The lowest BCUT2D eigenvalue weighted by atomic mass is 9.77. The molecular formula is C11H18N4O. The molecule has 1 aliphatic carbocycles. The molecule has 1 aromatic rings. The van der Waals surface area contributed by atoms with E-state index in [2.05, 4.69) is 10.4 Å². The van der Waals surface area contributed by atoms with Gasteiger partial charge in [-0.05, 0) is 33.1 Å². The molecule has 0 atom stereocenters. The molecule has 1 fully saturated rings. The zero-order valence-corrected chi connectivity index (χ0v) is 10.0. The fraction of sp³-hybridized carbons (Fsp3) is 0.636. The Bertz CT molecular complexity index is 431. The van der Waals surface area contributed by atoms with Crippen LogP contribution in [0.25, 0.3) is 0 Å². The van der Waals surface area contributed by atoms with Crippen LogP contribution in [-0.4, -0.2) is 21.2 Å². The second kappa shape index (κ2) is 3.59. The third-order valence-corrected chi connectivity index (χ3v) is 3.45. The van der Waals surface area contributed by atoms with Gasteiger partial charge in [0.2, 0.25) is 5.91 Å². The number of aromatic nitrogens is 2. The summed E-state index contributed by atoms with van der Waals surface area (Å²) in [5.74, 6) is -0.0852. The fourth-order valence-corrected chi connectivity index (χ4v) is 1.98. The molecule has 1 saturated carbocycles. The van der Waals surface area contributed by atoms with Gasteiger partial charge in [0.1, 0.15) is 0 Å². The molecule has 0 unspecified atom stereocenters. The highest BCUT2D eigenvalue weighted by Gasteiger charge is 2.40. The average molecular weight is 222 g/mol. The highest BCUT2D eigenvalue weighted by Crippen LogP contribution is 2.31. The van der Waals surface area contributed by atoms with Crippen LogP contribution in [0.2, 0.25) is 0 Å². The molecule has 16 heavy (non-hydrogen) atoms. The molecular weight excluding hydrogens is 204 g/mol. The van der Waals surface area contributed by atoms with E-state index in [9.17, 15) is 4.79 Å². The van der Waals surface area contributed by atoms with E-state index in [1.54, 1.807) is 4.68 Å². The molecule has 5 nitrogen and oxygen atoms in total. The Balaban J connectivity index is 2.18. The zero-order valence-electron chi connectivity index (χ0n) is 10.0. The fourth-order valence-electron chi connectivity index (χ4n) is 1.98. The smallest absolute Gasteiger partial charge is 0.244 e. The number of hydrogen-bond acceptors (Lipinski definition) is 3. The van der Waals surface area contributed by atoms with E-state index >= 15 is 0 Å². The predicted octanol–water partition coefficient (Wildman–Crippen LogP) is 0.857. The van der Waals surface area contributed by atoms with Crippen molar-refractivity contribution in [1.82, 2.24) is 9.78 Å². The van der Waals surface area contributed by atoms with E-state index in [0.717, 1.165) is 36.3 Å². The van der Waals surface area contributed by atoms with Gasteiger partial charge in [0.05, 0.1) is 22.6 Å². The van der Waals surface area contributed by atoms with Gasteiger partial charge >= 0.3 is 0 Å². The standard InChI is InChI=1S/C11H18N4O/c1-7-9(8(2)15(3)14-7)13-10(16)11(12)5-4-6-11/h4-6,12H2,1-3H3,(H,13,16). The summed E-state index contributed by atoms with van der Waals surface area (Å²) in [4.78, 5) is 12.0. The summed E-state index contributed by atoms with van der Waals surface area (Å²) >= 11 is 0. The number of anilines is 1. The van der Waals surface area contributed by atoms with Crippen molar-refractivity contribution in [2.24, 2.45) is 12.8 Å². The minimum atomic E-state index is -0.658. The SMILES string of the molecule is Cc1nn(C)c(C)c1NC(=O)C1(N)CCC1. The summed E-state index contributed by atoms with van der Waals surface area (Å²) in [6.45, 7) is 3.81. The van der Waals surface area contributed by atoms with Crippen molar-refractivity contribution in [1.29, 1.82) is 0 Å². The second-order valence-electron chi connectivity index (χ2n) is 4.63. The Morgan fingerprint density at radius 1 is 1.50 bits per heavy atom. The third-order valence-electron chi connectivity index (χ3n) is 3.45. The van der Waals surface area contributed by atoms with Crippen molar-refractivity contribution in [3.05, 3.63) is 11.4 Å². The molecule has 88 valence electrons. The lowest BCUT2D eigenvalue weighted by Crippen LogP contribution is -2.56. The summed E-state index contributed by atoms with van der Waals surface area (Å²) in [6.07, 6.45) is 2.59. The van der Waals surface area contributed by atoms with Crippen molar-refractivity contribution >= 4 is 11.6 Å². The number of nitrogens with one attached hydrogen (secondary N) is 1. The summed E-state index contributed by atoms with van der Waals surface area (Å²) in [7, 11) is 1.86. The largest absolute Gasteiger partial charge is 0.321 e. The summed E-state index contributed by atoms with van der Waals surface area (Å²) in [6, 6.07) is 0. The van der Waals surface area contributed by atoms with E-state index in [1.807, 2.05) is 20.9 Å². The van der Waals surface area contributed by atoms with Crippen LogP contribution < -0.4 is 11.1 Å². The number of nitrogens with zero attached hydrogens (tertiary/aromatic N) is 2. The van der Waals surface area contributed by atoms with Crippen molar-refractivity contribution in [3.8, 4) is 0 Å². The quantitative estimate of drug-likeness (QED) is 0.779. The molecule has 0 aromatic carbocycles. The molecule has 0 saturated heterocycles. The number of rotatable bonds is 2. The van der Waals surface area contributed by atoms with Crippen LogP contribution in [-0.2, 0) is 11.8 Å². The topological polar surface area (TPSA) is 72.9 Å². The monoisotopic (exact) mass is 222 g/mol. The molecule has 3 N–H and O–H groups in total. The molecule has 0 bridgehead atoms. The lowest BCUT2D eigenvalue weighted by molar-refractivity contribution is -0.123. The first-order chi connectivity index (χ1) is 7.44. The number of carbonyl (C=O) groups excluding carboxylic acids is 1. The first kappa shape index (κ1) is 11.1. The van der Waals surface area contributed by atoms with Crippen LogP contribution in [0, 0.1) is 13.8 Å². The van der Waals surface area contributed by atoms with E-state index in [1.165, 1.54) is 0 Å². The van der Waals surface area contributed by atoms with Crippen LogP contribution in [0.5, 0.6) is 0 Å². The molecule has 0 radical (unpaired) electrons. The summed E-state index contributed by atoms with van der Waals surface area (Å²) in [5, 5.41) is 7.15. The average Bonchev–Trinajstić information content (AvgIpc) is 2.41. The molecule has 0 aliphatic heterocycles. The number of hydrogen-bond donors (Lipinski definition) is 2.